The van der Waals surface area contributed by atoms with Crippen molar-refractivity contribution in [1.82, 2.24) is 0 Å². The lowest BCUT2D eigenvalue weighted by Gasteiger charge is -2.22. The van der Waals surface area contributed by atoms with E-state index in [-0.39, 0.29) is 0 Å². The van der Waals surface area contributed by atoms with Gasteiger partial charge in [0.2, 0.25) is 0 Å². The third-order valence-corrected chi connectivity index (χ3v) is 1.93. The van der Waals surface area contributed by atoms with Gasteiger partial charge in [0.05, 0.1) is 4.92 Å². The second-order valence-electron chi connectivity index (χ2n) is 3.25. The normalized spacial score (nSPS) is 12.0. The summed E-state index contributed by atoms with van der Waals surface area (Å²) in [5, 5.41) is 18.2. The molecule has 0 aromatic heterocycles. The summed E-state index contributed by atoms with van der Waals surface area (Å²) in [7, 11) is 0. The van der Waals surface area contributed by atoms with Gasteiger partial charge >= 0.3 is 18.0 Å². The molecule has 0 bridgehead atoms. The molecule has 0 aliphatic heterocycles. The summed E-state index contributed by atoms with van der Waals surface area (Å²) in [5.41, 5.74) is -0.472. The van der Waals surface area contributed by atoms with Crippen molar-refractivity contribution in [2.45, 2.75) is 12.0 Å². The van der Waals surface area contributed by atoms with Crippen LogP contribution < -0.4 is 4.74 Å². The number of benzene rings is 1. The summed E-state index contributed by atoms with van der Waals surface area (Å²) in [6.07, 6.45) is -5.30. The number of ether oxygens (including phenoxy) is 1. The molecule has 0 amide bonds. The minimum absolute atomic E-state index is 0.472. The van der Waals surface area contributed by atoms with E-state index >= 15 is 0 Å². The lowest BCUT2D eigenvalue weighted by molar-refractivity contribution is -0.384. The Balaban J connectivity index is 2.95. The Morgan fingerprint density at radius 2 is 1.68 bits per heavy atom. The van der Waals surface area contributed by atoms with Crippen LogP contribution in [0.3, 0.4) is 0 Å². The van der Waals surface area contributed by atoms with Gasteiger partial charge < -0.3 is 9.84 Å². The third kappa shape index (κ3) is 2.89. The van der Waals surface area contributed by atoms with Crippen LogP contribution >= 0.6 is 0 Å². The molecule has 104 valence electrons. The molecule has 1 rings (SSSR count). The number of carboxylic acids is 1. The fourth-order valence-corrected chi connectivity index (χ4v) is 0.972. The molecule has 0 aliphatic carbocycles. The second-order valence-corrected chi connectivity index (χ2v) is 3.25. The molecule has 1 aromatic carbocycles. The molecule has 0 aliphatic rings. The molecule has 0 unspecified atom stereocenters. The number of nitro benzene ring substituents is 1. The van der Waals surface area contributed by atoms with E-state index in [2.05, 4.69) is 4.74 Å². The standard InChI is InChI=1S/C9H5F4NO5/c10-8(11,7(15)16)9(12,13)19-6-3-1-5(2-4-6)14(17)18/h1-4H,(H,15,16). The van der Waals surface area contributed by atoms with Gasteiger partial charge in [-0.3, -0.25) is 10.1 Å². The second kappa shape index (κ2) is 4.71. The quantitative estimate of drug-likeness (QED) is 0.508. The van der Waals surface area contributed by atoms with Crippen LogP contribution in [0, 0.1) is 10.1 Å². The Bertz CT molecular complexity index is 502. The summed E-state index contributed by atoms with van der Waals surface area (Å²) in [6, 6.07) is 2.77. The molecule has 0 saturated heterocycles. The largest absolute Gasteiger partial charge is 0.477 e. The van der Waals surface area contributed by atoms with Crippen LogP contribution in [0.5, 0.6) is 5.75 Å². The molecule has 6 nitrogen and oxygen atoms in total. The fourth-order valence-electron chi connectivity index (χ4n) is 0.972. The van der Waals surface area contributed by atoms with Crippen molar-refractivity contribution in [2.24, 2.45) is 0 Å². The highest BCUT2D eigenvalue weighted by molar-refractivity contribution is 5.76. The van der Waals surface area contributed by atoms with E-state index in [4.69, 9.17) is 5.11 Å². The maximum absolute atomic E-state index is 12.9. The zero-order valence-electron chi connectivity index (χ0n) is 8.85. The van der Waals surface area contributed by atoms with Gasteiger partial charge in [0.25, 0.3) is 5.69 Å². The van der Waals surface area contributed by atoms with Crippen LogP contribution in [0.1, 0.15) is 0 Å². The molecular formula is C9H5F4NO5. The van der Waals surface area contributed by atoms with Gasteiger partial charge in [-0.2, -0.15) is 17.6 Å². The number of carbonyl (C=O) groups is 1. The summed E-state index contributed by atoms with van der Waals surface area (Å²) >= 11 is 0. The van der Waals surface area contributed by atoms with Gasteiger partial charge in [0, 0.05) is 12.1 Å². The number of carboxylic acid groups (broad SMARTS) is 1. The predicted octanol–water partition coefficient (Wildman–Crippen LogP) is 2.29. The fraction of sp³-hybridized carbons (Fsp3) is 0.222. The van der Waals surface area contributed by atoms with Gasteiger partial charge in [-0.1, -0.05) is 0 Å². The maximum Gasteiger partial charge on any atom is 0.476 e. The average Bonchev–Trinajstić information content (AvgIpc) is 2.28. The van der Waals surface area contributed by atoms with Crippen molar-refractivity contribution in [3.05, 3.63) is 34.4 Å². The van der Waals surface area contributed by atoms with Crippen molar-refractivity contribution in [1.29, 1.82) is 0 Å². The number of hydrogen-bond donors (Lipinski definition) is 1. The molecule has 0 saturated carbocycles. The first-order chi connectivity index (χ1) is 8.58. The summed E-state index contributed by atoms with van der Waals surface area (Å²) in [4.78, 5) is 19.4. The number of halogens is 4. The van der Waals surface area contributed by atoms with Crippen molar-refractivity contribution in [3.63, 3.8) is 0 Å². The summed E-state index contributed by atoms with van der Waals surface area (Å²) in [5.74, 6) is -9.33. The average molecular weight is 283 g/mol. The minimum Gasteiger partial charge on any atom is -0.477 e. The van der Waals surface area contributed by atoms with Gasteiger partial charge in [-0.25, -0.2) is 4.79 Å². The number of hydrogen-bond acceptors (Lipinski definition) is 4. The third-order valence-electron chi connectivity index (χ3n) is 1.93. The van der Waals surface area contributed by atoms with E-state index < -0.39 is 34.4 Å². The van der Waals surface area contributed by atoms with Crippen molar-refractivity contribution < 1.29 is 37.1 Å². The molecule has 10 heteroatoms. The zero-order chi connectivity index (χ0) is 14.8. The smallest absolute Gasteiger partial charge is 0.476 e. The Kier molecular flexibility index (Phi) is 3.63. The number of rotatable bonds is 5. The highest BCUT2D eigenvalue weighted by atomic mass is 19.3. The van der Waals surface area contributed by atoms with Gasteiger partial charge in [0.1, 0.15) is 5.75 Å². The van der Waals surface area contributed by atoms with E-state index in [1.165, 1.54) is 0 Å². The van der Waals surface area contributed by atoms with Crippen LogP contribution in [-0.4, -0.2) is 28.0 Å². The van der Waals surface area contributed by atoms with Gasteiger partial charge in [-0.05, 0) is 12.1 Å². The van der Waals surface area contributed by atoms with Crippen LogP contribution in [0.25, 0.3) is 0 Å². The van der Waals surface area contributed by atoms with E-state index in [0.29, 0.717) is 12.1 Å². The molecule has 1 N–H and O–H groups in total. The first-order valence-corrected chi connectivity index (χ1v) is 4.50. The maximum atomic E-state index is 12.9. The van der Waals surface area contributed by atoms with Crippen LogP contribution in [-0.2, 0) is 4.79 Å². The lowest BCUT2D eigenvalue weighted by Crippen LogP contribution is -2.50. The number of alkyl halides is 4. The molecule has 19 heavy (non-hydrogen) atoms. The highest BCUT2D eigenvalue weighted by Crippen LogP contribution is 2.36. The Morgan fingerprint density at radius 1 is 1.21 bits per heavy atom. The molecule has 0 spiro atoms. The lowest BCUT2D eigenvalue weighted by atomic mass is 10.3. The summed E-state index contributed by atoms with van der Waals surface area (Å²) < 4.78 is 54.7. The number of non-ortho nitro benzene ring substituents is 1. The molecule has 0 atom stereocenters. The Morgan fingerprint density at radius 3 is 2.05 bits per heavy atom. The van der Waals surface area contributed by atoms with Crippen LogP contribution in [0.15, 0.2) is 24.3 Å². The minimum atomic E-state index is -5.44. The number of nitro groups is 1. The van der Waals surface area contributed by atoms with E-state index in [1.807, 2.05) is 0 Å². The monoisotopic (exact) mass is 283 g/mol. The van der Waals surface area contributed by atoms with E-state index in [1.54, 1.807) is 0 Å². The van der Waals surface area contributed by atoms with Crippen molar-refractivity contribution >= 4 is 11.7 Å². The highest BCUT2D eigenvalue weighted by Gasteiger charge is 2.65. The Labute approximate surface area is 102 Å². The molecule has 0 radical (unpaired) electrons. The number of aliphatic carboxylic acids is 1. The number of nitrogens with zero attached hydrogens (tertiary/aromatic N) is 1. The first kappa shape index (κ1) is 14.7. The Hall–Kier alpha value is -2.39. The van der Waals surface area contributed by atoms with Crippen LogP contribution in [0.4, 0.5) is 23.2 Å². The van der Waals surface area contributed by atoms with Crippen molar-refractivity contribution in [2.75, 3.05) is 0 Å². The topological polar surface area (TPSA) is 89.7 Å². The zero-order valence-corrected chi connectivity index (χ0v) is 8.85. The first-order valence-electron chi connectivity index (χ1n) is 4.50. The molecule has 1 aromatic rings. The molecule has 0 heterocycles. The van der Waals surface area contributed by atoms with E-state index in [0.717, 1.165) is 12.1 Å². The predicted molar refractivity (Wildman–Crippen MR) is 51.3 cm³/mol. The molecular weight excluding hydrogens is 278 g/mol. The van der Waals surface area contributed by atoms with Gasteiger partial charge in [0.15, 0.2) is 0 Å². The molecule has 0 fully saturated rings. The van der Waals surface area contributed by atoms with Crippen molar-refractivity contribution in [3.8, 4) is 5.75 Å². The SMILES string of the molecule is O=C(O)C(F)(F)C(F)(F)Oc1ccc([N+](=O)[O-])cc1. The van der Waals surface area contributed by atoms with Crippen LogP contribution in [0.2, 0.25) is 0 Å². The summed E-state index contributed by atoms with van der Waals surface area (Å²) in [6.45, 7) is 0. The van der Waals surface area contributed by atoms with Gasteiger partial charge in [-0.15, -0.1) is 0 Å². The van der Waals surface area contributed by atoms with E-state index in [9.17, 15) is 32.5 Å².